The molecule has 4 aromatic rings. The fourth-order valence-corrected chi connectivity index (χ4v) is 2.63. The molecule has 0 aromatic carbocycles. The van der Waals surface area contributed by atoms with Gasteiger partial charge < -0.3 is 14.8 Å². The summed E-state index contributed by atoms with van der Waals surface area (Å²) in [6.45, 7) is 0. The van der Waals surface area contributed by atoms with E-state index in [1.807, 2.05) is 6.07 Å². The van der Waals surface area contributed by atoms with Crippen LogP contribution in [0.25, 0.3) is 34.1 Å². The molecular weight excluding hydrogens is 318 g/mol. The predicted octanol–water partition coefficient (Wildman–Crippen LogP) is 2.94. The van der Waals surface area contributed by atoms with Gasteiger partial charge in [-0.1, -0.05) is 0 Å². The quantitative estimate of drug-likeness (QED) is 0.427. The molecule has 4 rings (SSSR count). The first kappa shape index (κ1) is 14.9. The van der Waals surface area contributed by atoms with E-state index in [9.17, 15) is 10.4 Å². The summed E-state index contributed by atoms with van der Waals surface area (Å²) in [6.07, 6.45) is 4.39. The monoisotopic (exact) mass is 331 g/mol. The van der Waals surface area contributed by atoms with Crippen molar-refractivity contribution in [1.82, 2.24) is 4.98 Å². The van der Waals surface area contributed by atoms with Crippen molar-refractivity contribution in [1.29, 1.82) is 0 Å². The Bertz CT molecular complexity index is 966. The first-order chi connectivity index (χ1) is 12.2. The Hall–Kier alpha value is -3.67. The number of hydrogen-bond donors (Lipinski definition) is 0. The molecule has 0 aliphatic carbocycles. The maximum absolute atomic E-state index is 12.1. The highest BCUT2D eigenvalue weighted by Crippen LogP contribution is 2.28. The van der Waals surface area contributed by atoms with E-state index in [0.29, 0.717) is 28.5 Å². The van der Waals surface area contributed by atoms with Gasteiger partial charge in [-0.3, -0.25) is 0 Å². The van der Waals surface area contributed by atoms with Crippen molar-refractivity contribution in [3.63, 3.8) is 0 Å². The van der Waals surface area contributed by atoms with Crippen LogP contribution in [-0.4, -0.2) is 4.98 Å². The van der Waals surface area contributed by atoms with Crippen LogP contribution < -0.4 is 9.46 Å². The molecule has 0 fully saturated rings. The van der Waals surface area contributed by atoms with E-state index in [2.05, 4.69) is 4.98 Å². The smallest absolute Gasteiger partial charge is 0.242 e. The molecule has 0 spiro atoms. The number of furan rings is 1. The Morgan fingerprint density at radius 2 is 1.36 bits per heavy atom. The molecule has 0 bridgehead atoms. The van der Waals surface area contributed by atoms with Gasteiger partial charge in [0, 0.05) is 29.8 Å². The second-order valence-corrected chi connectivity index (χ2v) is 5.43. The van der Waals surface area contributed by atoms with Crippen LogP contribution in [0.15, 0.2) is 83.7 Å². The third-order valence-electron chi connectivity index (χ3n) is 3.80. The highest BCUT2D eigenvalue weighted by Gasteiger charge is 2.18. The number of hydrogen-bond acceptors (Lipinski definition) is 4. The summed E-state index contributed by atoms with van der Waals surface area (Å²) in [4.78, 5) is 4.52. The third kappa shape index (κ3) is 2.81. The standard InChI is InChI=1S/C19H13N3O3/c23-21-9-3-1-6-17(21)15-12-14(19-8-5-11-25-19)13-16(20-15)18-7-2-4-10-22(18)24/h1-13H. The number of nitrogens with zero attached hydrogens (tertiary/aromatic N) is 3. The molecule has 4 aromatic heterocycles. The maximum Gasteiger partial charge on any atom is 0.242 e. The second-order valence-electron chi connectivity index (χ2n) is 5.43. The van der Waals surface area contributed by atoms with Gasteiger partial charge in [0.25, 0.3) is 0 Å². The topological polar surface area (TPSA) is 79.9 Å². The fourth-order valence-electron chi connectivity index (χ4n) is 2.63. The second kappa shape index (κ2) is 6.09. The molecule has 0 saturated carbocycles. The van der Waals surface area contributed by atoms with E-state index in [-0.39, 0.29) is 0 Å². The van der Waals surface area contributed by atoms with Crippen LogP contribution in [0.3, 0.4) is 0 Å². The average molecular weight is 331 g/mol. The number of pyridine rings is 3. The van der Waals surface area contributed by atoms with E-state index in [1.54, 1.807) is 60.9 Å². The molecule has 4 heterocycles. The van der Waals surface area contributed by atoms with Crippen LogP contribution >= 0.6 is 0 Å². The summed E-state index contributed by atoms with van der Waals surface area (Å²) in [7, 11) is 0. The van der Waals surface area contributed by atoms with Gasteiger partial charge in [-0.2, -0.15) is 9.46 Å². The summed E-state index contributed by atoms with van der Waals surface area (Å²) >= 11 is 0. The first-order valence-electron chi connectivity index (χ1n) is 7.65. The Morgan fingerprint density at radius 1 is 0.760 bits per heavy atom. The van der Waals surface area contributed by atoms with Gasteiger partial charge in [0.2, 0.25) is 11.4 Å². The SMILES string of the molecule is [O-][n+]1ccccc1-c1cc(-c2ccco2)cc(-c2cccc[n+]2[O-])n1. The van der Waals surface area contributed by atoms with Crippen LogP contribution in [0.2, 0.25) is 0 Å². The van der Waals surface area contributed by atoms with Crippen LogP contribution in [0.4, 0.5) is 0 Å². The van der Waals surface area contributed by atoms with Gasteiger partial charge in [-0.05, 0) is 36.4 Å². The Morgan fingerprint density at radius 3 is 1.84 bits per heavy atom. The minimum atomic E-state index is 0.394. The molecule has 0 aliphatic rings. The Labute approximate surface area is 143 Å². The summed E-state index contributed by atoms with van der Waals surface area (Å²) in [5.74, 6) is 0.631. The van der Waals surface area contributed by atoms with Gasteiger partial charge in [0.1, 0.15) is 17.1 Å². The molecule has 0 unspecified atom stereocenters. The molecule has 25 heavy (non-hydrogen) atoms. The number of aromatic nitrogens is 3. The predicted molar refractivity (Wildman–Crippen MR) is 90.7 cm³/mol. The van der Waals surface area contributed by atoms with Crippen molar-refractivity contribution < 1.29 is 13.9 Å². The zero-order valence-corrected chi connectivity index (χ0v) is 13.1. The average Bonchev–Trinajstić information content (AvgIpc) is 3.17. The van der Waals surface area contributed by atoms with Gasteiger partial charge in [-0.15, -0.1) is 0 Å². The molecule has 0 aliphatic heterocycles. The Kier molecular flexibility index (Phi) is 3.63. The van der Waals surface area contributed by atoms with Crippen LogP contribution in [0.5, 0.6) is 0 Å². The van der Waals surface area contributed by atoms with E-state index in [4.69, 9.17) is 4.42 Å². The lowest BCUT2D eigenvalue weighted by atomic mass is 10.1. The first-order valence-corrected chi connectivity index (χ1v) is 7.65. The van der Waals surface area contributed by atoms with E-state index >= 15 is 0 Å². The Balaban J connectivity index is 1.96. The summed E-state index contributed by atoms with van der Waals surface area (Å²) < 4.78 is 6.95. The van der Waals surface area contributed by atoms with E-state index in [0.717, 1.165) is 15.0 Å². The molecule has 0 saturated heterocycles. The molecule has 0 N–H and O–H groups in total. The molecule has 0 amide bonds. The summed E-state index contributed by atoms with van der Waals surface area (Å²) in [6, 6.07) is 17.3. The largest absolute Gasteiger partial charge is 0.618 e. The van der Waals surface area contributed by atoms with Crippen molar-refractivity contribution in [3.8, 4) is 34.1 Å². The lowest BCUT2D eigenvalue weighted by Gasteiger charge is -2.08. The van der Waals surface area contributed by atoms with Crippen molar-refractivity contribution in [2.75, 3.05) is 0 Å². The third-order valence-corrected chi connectivity index (χ3v) is 3.80. The summed E-state index contributed by atoms with van der Waals surface area (Å²) in [5, 5.41) is 24.2. The zero-order chi connectivity index (χ0) is 17.2. The molecule has 6 nitrogen and oxygen atoms in total. The summed E-state index contributed by atoms with van der Waals surface area (Å²) in [5.41, 5.74) is 2.44. The van der Waals surface area contributed by atoms with Gasteiger partial charge >= 0.3 is 0 Å². The lowest BCUT2D eigenvalue weighted by molar-refractivity contribution is -0.594. The van der Waals surface area contributed by atoms with Crippen LogP contribution in [-0.2, 0) is 0 Å². The molecule has 0 atom stereocenters. The van der Waals surface area contributed by atoms with Crippen LogP contribution in [0.1, 0.15) is 0 Å². The van der Waals surface area contributed by atoms with Gasteiger partial charge in [-0.25, -0.2) is 4.98 Å². The lowest BCUT2D eigenvalue weighted by Crippen LogP contribution is -2.29. The highest BCUT2D eigenvalue weighted by molar-refractivity contribution is 5.70. The van der Waals surface area contributed by atoms with Crippen molar-refractivity contribution in [2.24, 2.45) is 0 Å². The van der Waals surface area contributed by atoms with Gasteiger partial charge in [0.15, 0.2) is 12.4 Å². The van der Waals surface area contributed by atoms with Crippen molar-refractivity contribution >= 4 is 0 Å². The number of rotatable bonds is 3. The molecular formula is C19H13N3O3. The molecule has 122 valence electrons. The van der Waals surface area contributed by atoms with Crippen molar-refractivity contribution in [3.05, 3.63) is 89.7 Å². The van der Waals surface area contributed by atoms with E-state index in [1.165, 1.54) is 12.4 Å². The fraction of sp³-hybridized carbons (Fsp3) is 0. The van der Waals surface area contributed by atoms with Crippen LogP contribution in [0, 0.1) is 10.4 Å². The van der Waals surface area contributed by atoms with Crippen molar-refractivity contribution in [2.45, 2.75) is 0 Å². The van der Waals surface area contributed by atoms with E-state index < -0.39 is 0 Å². The maximum atomic E-state index is 12.1. The molecule has 6 heteroatoms. The van der Waals surface area contributed by atoms with Gasteiger partial charge in [0.05, 0.1) is 6.26 Å². The molecule has 0 radical (unpaired) electrons. The normalized spacial score (nSPS) is 10.7. The minimum Gasteiger partial charge on any atom is -0.618 e. The zero-order valence-electron chi connectivity index (χ0n) is 13.1. The minimum absolute atomic E-state index is 0.394. The highest BCUT2D eigenvalue weighted by atomic mass is 16.5.